The minimum Gasteiger partial charge on any atom is -0.469 e. The van der Waals surface area contributed by atoms with Crippen molar-refractivity contribution in [3.05, 3.63) is 11.3 Å². The third-order valence-corrected chi connectivity index (χ3v) is 3.94. The van der Waals surface area contributed by atoms with Crippen molar-refractivity contribution in [2.45, 2.75) is 44.9 Å². The van der Waals surface area contributed by atoms with Crippen molar-refractivity contribution in [1.29, 1.82) is 0 Å². The van der Waals surface area contributed by atoms with E-state index < -0.39 is 0 Å². The zero-order valence-corrected chi connectivity index (χ0v) is 11.9. The van der Waals surface area contributed by atoms with E-state index >= 15 is 0 Å². The highest BCUT2D eigenvalue weighted by atomic mass is 16.5. The lowest BCUT2D eigenvalue weighted by atomic mass is 9.89. The summed E-state index contributed by atoms with van der Waals surface area (Å²) in [5, 5.41) is 0. The van der Waals surface area contributed by atoms with Crippen LogP contribution < -0.4 is 0 Å². The lowest BCUT2D eigenvalue weighted by Gasteiger charge is -2.26. The van der Waals surface area contributed by atoms with Crippen molar-refractivity contribution in [1.82, 2.24) is 4.90 Å². The molecule has 0 spiro atoms. The molecule has 2 fully saturated rings. The van der Waals surface area contributed by atoms with Gasteiger partial charge in [-0.15, -0.1) is 0 Å². The van der Waals surface area contributed by atoms with E-state index in [4.69, 9.17) is 0 Å². The molecule has 5 heteroatoms. The van der Waals surface area contributed by atoms with Gasteiger partial charge in [-0.05, 0) is 25.7 Å². The number of hydrogen-bond donors (Lipinski definition) is 0. The molecule has 2 rings (SSSR count). The van der Waals surface area contributed by atoms with E-state index in [0.717, 1.165) is 31.6 Å². The molecule has 1 heterocycles. The molecule has 0 bridgehead atoms. The number of rotatable bonds is 4. The Balaban J connectivity index is 2.25. The van der Waals surface area contributed by atoms with Gasteiger partial charge in [0, 0.05) is 31.6 Å². The number of methoxy groups -OCH3 is 1. The van der Waals surface area contributed by atoms with Crippen LogP contribution in [0.5, 0.6) is 0 Å². The monoisotopic (exact) mass is 279 g/mol. The van der Waals surface area contributed by atoms with Gasteiger partial charge in [0.05, 0.1) is 19.1 Å². The first kappa shape index (κ1) is 14.8. The van der Waals surface area contributed by atoms with Crippen molar-refractivity contribution in [2.75, 3.05) is 20.2 Å². The van der Waals surface area contributed by atoms with Gasteiger partial charge in [-0.2, -0.15) is 0 Å². The molecule has 0 amide bonds. The predicted octanol–water partition coefficient (Wildman–Crippen LogP) is 1.61. The number of ketones is 2. The van der Waals surface area contributed by atoms with Crippen LogP contribution in [0.25, 0.3) is 0 Å². The second-order valence-electron chi connectivity index (χ2n) is 5.29. The van der Waals surface area contributed by atoms with Crippen molar-refractivity contribution in [3.8, 4) is 0 Å². The van der Waals surface area contributed by atoms with Crippen LogP contribution in [0.1, 0.15) is 44.9 Å². The Morgan fingerprint density at radius 2 is 1.65 bits per heavy atom. The summed E-state index contributed by atoms with van der Waals surface area (Å²) in [6, 6.07) is 0. The number of nitrogens with zero attached hydrogens (tertiary/aromatic N) is 1. The number of likely N-dealkylation sites (tertiary alicyclic amines) is 1. The summed E-state index contributed by atoms with van der Waals surface area (Å²) in [4.78, 5) is 37.6. The van der Waals surface area contributed by atoms with Crippen LogP contribution in [0.3, 0.4) is 0 Å². The molecule has 110 valence electrons. The van der Waals surface area contributed by atoms with Gasteiger partial charge in [-0.3, -0.25) is 14.4 Å². The predicted molar refractivity (Wildman–Crippen MR) is 72.9 cm³/mol. The average molecular weight is 279 g/mol. The molecule has 20 heavy (non-hydrogen) atoms. The van der Waals surface area contributed by atoms with Crippen LogP contribution in [-0.4, -0.2) is 42.6 Å². The first-order chi connectivity index (χ1) is 9.63. The Kier molecular flexibility index (Phi) is 4.93. The number of esters is 1. The summed E-state index contributed by atoms with van der Waals surface area (Å²) in [6.45, 7) is 1.72. The van der Waals surface area contributed by atoms with Crippen LogP contribution in [0.2, 0.25) is 0 Å². The summed E-state index contributed by atoms with van der Waals surface area (Å²) in [5.41, 5.74) is 1.12. The fraction of sp³-hybridized carbons (Fsp3) is 0.667. The third-order valence-electron chi connectivity index (χ3n) is 3.94. The lowest BCUT2D eigenvalue weighted by molar-refractivity contribution is -0.140. The maximum atomic E-state index is 12.1. The first-order valence-electron chi connectivity index (χ1n) is 7.25. The topological polar surface area (TPSA) is 63.7 Å². The van der Waals surface area contributed by atoms with E-state index in [9.17, 15) is 14.4 Å². The average Bonchev–Trinajstić information content (AvgIpc) is 2.95. The SMILES string of the molecule is COC(=O)CCC(=C1C(=O)CCCC1=O)N1CCCC1. The second kappa shape index (κ2) is 6.68. The van der Waals surface area contributed by atoms with Gasteiger partial charge < -0.3 is 9.64 Å². The van der Waals surface area contributed by atoms with E-state index in [1.807, 2.05) is 0 Å². The molecule has 0 aromatic rings. The molecule has 0 radical (unpaired) electrons. The van der Waals surface area contributed by atoms with Crippen LogP contribution in [0.15, 0.2) is 11.3 Å². The van der Waals surface area contributed by atoms with Crippen molar-refractivity contribution < 1.29 is 19.1 Å². The highest BCUT2D eigenvalue weighted by molar-refractivity contribution is 6.22. The fourth-order valence-corrected chi connectivity index (χ4v) is 2.89. The Morgan fingerprint density at radius 1 is 1.05 bits per heavy atom. The van der Waals surface area contributed by atoms with Gasteiger partial charge in [0.25, 0.3) is 0 Å². The van der Waals surface area contributed by atoms with E-state index in [1.54, 1.807) is 0 Å². The number of hydrogen-bond acceptors (Lipinski definition) is 5. The number of Topliss-reactive ketones (excluding diaryl/α,β-unsaturated/α-hetero) is 2. The minimum atomic E-state index is -0.307. The summed E-state index contributed by atoms with van der Waals surface area (Å²) in [6.07, 6.45) is 4.29. The fourth-order valence-electron chi connectivity index (χ4n) is 2.89. The van der Waals surface area contributed by atoms with Crippen LogP contribution >= 0.6 is 0 Å². The van der Waals surface area contributed by atoms with E-state index in [2.05, 4.69) is 9.64 Å². The molecule has 1 saturated carbocycles. The van der Waals surface area contributed by atoms with Crippen molar-refractivity contribution in [2.24, 2.45) is 0 Å². The van der Waals surface area contributed by atoms with Crippen LogP contribution in [-0.2, 0) is 19.1 Å². The van der Waals surface area contributed by atoms with Crippen LogP contribution in [0.4, 0.5) is 0 Å². The van der Waals surface area contributed by atoms with E-state index in [1.165, 1.54) is 7.11 Å². The van der Waals surface area contributed by atoms with Crippen molar-refractivity contribution in [3.63, 3.8) is 0 Å². The Hall–Kier alpha value is -1.65. The summed E-state index contributed by atoms with van der Waals surface area (Å²) in [5.74, 6) is -0.431. The Bertz CT molecular complexity index is 429. The third kappa shape index (κ3) is 3.26. The Labute approximate surface area is 119 Å². The number of allylic oxidation sites excluding steroid dienone is 2. The lowest BCUT2D eigenvalue weighted by Crippen LogP contribution is -2.28. The number of ether oxygens (including phenoxy) is 1. The highest BCUT2D eigenvalue weighted by Gasteiger charge is 2.30. The van der Waals surface area contributed by atoms with E-state index in [-0.39, 0.29) is 24.0 Å². The zero-order valence-electron chi connectivity index (χ0n) is 11.9. The molecule has 5 nitrogen and oxygen atoms in total. The van der Waals surface area contributed by atoms with E-state index in [0.29, 0.717) is 31.3 Å². The van der Waals surface area contributed by atoms with Gasteiger partial charge in [-0.25, -0.2) is 0 Å². The Morgan fingerprint density at radius 3 is 2.20 bits per heavy atom. The molecular weight excluding hydrogens is 258 g/mol. The molecule has 1 saturated heterocycles. The molecular formula is C15H21NO4. The molecule has 0 aromatic carbocycles. The zero-order chi connectivity index (χ0) is 14.5. The highest BCUT2D eigenvalue weighted by Crippen LogP contribution is 2.27. The first-order valence-corrected chi connectivity index (χ1v) is 7.25. The quantitative estimate of drug-likeness (QED) is 0.444. The minimum absolute atomic E-state index is 0.0620. The molecule has 1 aliphatic heterocycles. The maximum Gasteiger partial charge on any atom is 0.305 e. The molecule has 0 unspecified atom stereocenters. The number of carbonyl (C=O) groups is 3. The summed E-state index contributed by atoms with van der Waals surface area (Å²) >= 11 is 0. The number of carbonyl (C=O) groups excluding carboxylic acids is 3. The molecule has 0 N–H and O–H groups in total. The van der Waals surface area contributed by atoms with Gasteiger partial charge in [0.2, 0.25) is 0 Å². The standard InChI is InChI=1S/C15H21NO4/c1-20-14(19)8-7-11(16-9-2-3-10-16)15-12(17)5-4-6-13(15)18/h2-10H2,1H3. The summed E-state index contributed by atoms with van der Waals surface area (Å²) < 4.78 is 4.65. The normalized spacial score (nSPS) is 19.4. The maximum absolute atomic E-state index is 12.1. The molecule has 2 aliphatic rings. The van der Waals surface area contributed by atoms with Gasteiger partial charge in [-0.1, -0.05) is 0 Å². The smallest absolute Gasteiger partial charge is 0.305 e. The second-order valence-corrected chi connectivity index (χ2v) is 5.29. The largest absolute Gasteiger partial charge is 0.469 e. The van der Waals surface area contributed by atoms with Crippen molar-refractivity contribution >= 4 is 17.5 Å². The summed E-state index contributed by atoms with van der Waals surface area (Å²) in [7, 11) is 1.35. The van der Waals surface area contributed by atoms with Crippen LogP contribution in [0, 0.1) is 0 Å². The molecule has 0 atom stereocenters. The van der Waals surface area contributed by atoms with Gasteiger partial charge >= 0.3 is 5.97 Å². The molecule has 0 aromatic heterocycles. The van der Waals surface area contributed by atoms with Gasteiger partial charge in [0.15, 0.2) is 11.6 Å². The molecule has 1 aliphatic carbocycles. The van der Waals surface area contributed by atoms with Gasteiger partial charge in [0.1, 0.15) is 0 Å².